The van der Waals surface area contributed by atoms with E-state index >= 15 is 0 Å². The normalized spacial score (nSPS) is 17.8. The first-order valence-electron chi connectivity index (χ1n) is 5.80. The number of benzene rings is 1. The quantitative estimate of drug-likeness (QED) is 0.844. The van der Waals surface area contributed by atoms with Crippen LogP contribution >= 0.6 is 0 Å². The summed E-state index contributed by atoms with van der Waals surface area (Å²) in [6, 6.07) is 8.46. The van der Waals surface area contributed by atoms with Crippen molar-refractivity contribution in [1.82, 2.24) is 0 Å². The molecule has 0 saturated carbocycles. The van der Waals surface area contributed by atoms with E-state index in [1.165, 1.54) is 11.3 Å². The van der Waals surface area contributed by atoms with Crippen LogP contribution < -0.4 is 4.90 Å². The molecule has 1 aromatic rings. The van der Waals surface area contributed by atoms with Crippen LogP contribution in [0.4, 0.5) is 5.69 Å². The summed E-state index contributed by atoms with van der Waals surface area (Å²) in [5.74, 6) is 0. The minimum Gasteiger partial charge on any atom is -0.393 e. The van der Waals surface area contributed by atoms with Crippen LogP contribution in [0.2, 0.25) is 0 Å². The molecule has 0 radical (unpaired) electrons. The number of methoxy groups -OCH3 is 1. The number of nitrogens with zero attached hydrogens (tertiary/aromatic N) is 1. The number of hydrogen-bond donors (Lipinski definition) is 1. The van der Waals surface area contributed by atoms with Crippen LogP contribution in [0.5, 0.6) is 0 Å². The van der Waals surface area contributed by atoms with Crippen LogP contribution in [0.25, 0.3) is 0 Å². The first-order chi connectivity index (χ1) is 7.79. The maximum Gasteiger partial charge on any atom is 0.0713 e. The monoisotopic (exact) mass is 221 g/mol. The number of anilines is 1. The lowest BCUT2D eigenvalue weighted by Gasteiger charge is -2.31. The molecule has 88 valence electrons. The zero-order valence-electron chi connectivity index (χ0n) is 9.72. The molecule has 0 unspecified atom stereocenters. The molecular formula is C13H19NO2. The summed E-state index contributed by atoms with van der Waals surface area (Å²) in [6.07, 6.45) is 1.64. The largest absolute Gasteiger partial charge is 0.393 e. The van der Waals surface area contributed by atoms with Crippen molar-refractivity contribution in [3.05, 3.63) is 29.8 Å². The second-order valence-electron chi connectivity index (χ2n) is 4.32. The van der Waals surface area contributed by atoms with Crippen molar-refractivity contribution in [2.75, 3.05) is 25.1 Å². The average Bonchev–Trinajstić information content (AvgIpc) is 2.32. The summed E-state index contributed by atoms with van der Waals surface area (Å²) < 4.78 is 5.08. The van der Waals surface area contributed by atoms with Crippen LogP contribution in [0.3, 0.4) is 0 Å². The molecule has 1 saturated heterocycles. The van der Waals surface area contributed by atoms with Crippen LogP contribution in [-0.2, 0) is 11.3 Å². The molecule has 3 nitrogen and oxygen atoms in total. The molecular weight excluding hydrogens is 202 g/mol. The Balaban J connectivity index is 1.98. The fourth-order valence-electron chi connectivity index (χ4n) is 2.09. The lowest BCUT2D eigenvalue weighted by Crippen LogP contribution is -2.35. The molecule has 1 N–H and O–H groups in total. The maximum absolute atomic E-state index is 9.44. The predicted octanol–water partition coefficient (Wildman–Crippen LogP) is 1.79. The molecule has 0 bridgehead atoms. The number of hydrogen-bond acceptors (Lipinski definition) is 3. The summed E-state index contributed by atoms with van der Waals surface area (Å²) in [7, 11) is 1.71. The first kappa shape index (κ1) is 11.4. The Morgan fingerprint density at radius 3 is 2.44 bits per heavy atom. The van der Waals surface area contributed by atoms with Gasteiger partial charge in [0.1, 0.15) is 0 Å². The van der Waals surface area contributed by atoms with Gasteiger partial charge in [-0.2, -0.15) is 0 Å². The summed E-state index contributed by atoms with van der Waals surface area (Å²) in [5, 5.41) is 9.44. The highest BCUT2D eigenvalue weighted by Gasteiger charge is 2.16. The minimum absolute atomic E-state index is 0.107. The third-order valence-corrected chi connectivity index (χ3v) is 3.08. The molecule has 0 aliphatic carbocycles. The van der Waals surface area contributed by atoms with E-state index < -0.39 is 0 Å². The van der Waals surface area contributed by atoms with Gasteiger partial charge in [-0.05, 0) is 30.5 Å². The van der Waals surface area contributed by atoms with Crippen LogP contribution in [0.1, 0.15) is 18.4 Å². The molecule has 0 aromatic heterocycles. The van der Waals surface area contributed by atoms with Gasteiger partial charge >= 0.3 is 0 Å². The third-order valence-electron chi connectivity index (χ3n) is 3.08. The van der Waals surface area contributed by atoms with Crippen LogP contribution in [0, 0.1) is 0 Å². The number of piperidine rings is 1. The van der Waals surface area contributed by atoms with Crippen molar-refractivity contribution in [2.24, 2.45) is 0 Å². The van der Waals surface area contributed by atoms with Crippen LogP contribution in [-0.4, -0.2) is 31.4 Å². The maximum atomic E-state index is 9.44. The Kier molecular flexibility index (Phi) is 3.80. The summed E-state index contributed by atoms with van der Waals surface area (Å²) in [4.78, 5) is 2.32. The highest BCUT2D eigenvalue weighted by atomic mass is 16.5. The van der Waals surface area contributed by atoms with E-state index in [1.54, 1.807) is 7.11 Å². The van der Waals surface area contributed by atoms with E-state index in [0.29, 0.717) is 6.61 Å². The summed E-state index contributed by atoms with van der Waals surface area (Å²) in [6.45, 7) is 2.56. The van der Waals surface area contributed by atoms with Crippen molar-refractivity contribution >= 4 is 5.69 Å². The standard InChI is InChI=1S/C13H19NO2/c1-16-10-11-2-4-12(5-3-11)14-8-6-13(15)7-9-14/h2-5,13,15H,6-10H2,1H3. The molecule has 3 heteroatoms. The molecule has 16 heavy (non-hydrogen) atoms. The van der Waals surface area contributed by atoms with Crippen molar-refractivity contribution in [1.29, 1.82) is 0 Å². The Labute approximate surface area is 96.6 Å². The molecule has 1 aliphatic rings. The van der Waals surface area contributed by atoms with Crippen molar-refractivity contribution in [2.45, 2.75) is 25.6 Å². The van der Waals surface area contributed by atoms with Gasteiger partial charge in [-0.3, -0.25) is 0 Å². The minimum atomic E-state index is -0.107. The Morgan fingerprint density at radius 1 is 1.25 bits per heavy atom. The van der Waals surface area contributed by atoms with Crippen molar-refractivity contribution < 1.29 is 9.84 Å². The molecule has 0 spiro atoms. The zero-order valence-corrected chi connectivity index (χ0v) is 9.72. The van der Waals surface area contributed by atoms with Gasteiger partial charge in [0.15, 0.2) is 0 Å². The fraction of sp³-hybridized carbons (Fsp3) is 0.538. The Bertz CT molecular complexity index is 315. The first-order valence-corrected chi connectivity index (χ1v) is 5.80. The van der Waals surface area contributed by atoms with Gasteiger partial charge < -0.3 is 14.7 Å². The van der Waals surface area contributed by atoms with Crippen LogP contribution in [0.15, 0.2) is 24.3 Å². The van der Waals surface area contributed by atoms with E-state index in [9.17, 15) is 5.11 Å². The molecule has 1 heterocycles. The predicted molar refractivity (Wildman–Crippen MR) is 64.6 cm³/mol. The van der Waals surface area contributed by atoms with Gasteiger partial charge in [-0.1, -0.05) is 12.1 Å². The van der Waals surface area contributed by atoms with Gasteiger partial charge in [0.2, 0.25) is 0 Å². The SMILES string of the molecule is COCc1ccc(N2CCC(O)CC2)cc1. The van der Waals surface area contributed by atoms with E-state index in [2.05, 4.69) is 29.2 Å². The fourth-order valence-corrected chi connectivity index (χ4v) is 2.09. The van der Waals surface area contributed by atoms with Gasteiger partial charge in [-0.25, -0.2) is 0 Å². The molecule has 1 aromatic carbocycles. The smallest absolute Gasteiger partial charge is 0.0713 e. The molecule has 0 atom stereocenters. The van der Waals surface area contributed by atoms with E-state index in [0.717, 1.165) is 25.9 Å². The van der Waals surface area contributed by atoms with E-state index in [-0.39, 0.29) is 6.10 Å². The summed E-state index contributed by atoms with van der Waals surface area (Å²) >= 11 is 0. The van der Waals surface area contributed by atoms with Crippen molar-refractivity contribution in [3.63, 3.8) is 0 Å². The lowest BCUT2D eigenvalue weighted by atomic mass is 10.1. The highest BCUT2D eigenvalue weighted by molar-refractivity contribution is 5.47. The highest BCUT2D eigenvalue weighted by Crippen LogP contribution is 2.20. The van der Waals surface area contributed by atoms with Crippen molar-refractivity contribution in [3.8, 4) is 0 Å². The molecule has 1 fully saturated rings. The molecule has 0 amide bonds. The summed E-state index contributed by atoms with van der Waals surface area (Å²) in [5.41, 5.74) is 2.44. The zero-order chi connectivity index (χ0) is 11.4. The van der Waals surface area contributed by atoms with E-state index in [1.807, 2.05) is 0 Å². The Morgan fingerprint density at radius 2 is 1.88 bits per heavy atom. The Hall–Kier alpha value is -1.06. The average molecular weight is 221 g/mol. The van der Waals surface area contributed by atoms with E-state index in [4.69, 9.17) is 4.74 Å². The number of ether oxygens (including phenoxy) is 1. The van der Waals surface area contributed by atoms with Gasteiger partial charge in [-0.15, -0.1) is 0 Å². The van der Waals surface area contributed by atoms with Gasteiger partial charge in [0.25, 0.3) is 0 Å². The third kappa shape index (κ3) is 2.74. The second kappa shape index (κ2) is 5.32. The van der Waals surface area contributed by atoms with Gasteiger partial charge in [0, 0.05) is 25.9 Å². The second-order valence-corrected chi connectivity index (χ2v) is 4.32. The number of aliphatic hydroxyl groups excluding tert-OH is 1. The number of aliphatic hydroxyl groups is 1. The lowest BCUT2D eigenvalue weighted by molar-refractivity contribution is 0.145. The molecule has 1 aliphatic heterocycles. The van der Waals surface area contributed by atoms with Gasteiger partial charge in [0.05, 0.1) is 12.7 Å². The molecule has 2 rings (SSSR count). The topological polar surface area (TPSA) is 32.7 Å². The number of rotatable bonds is 3.